The fourth-order valence-electron chi connectivity index (χ4n) is 1.87. The van der Waals surface area contributed by atoms with Gasteiger partial charge in [-0.05, 0) is 26.0 Å². The summed E-state index contributed by atoms with van der Waals surface area (Å²) in [7, 11) is 0. The van der Waals surface area contributed by atoms with E-state index in [9.17, 15) is 4.79 Å². The number of aryl methyl sites for hydroxylation is 1. The third-order valence-corrected chi connectivity index (χ3v) is 2.88. The largest absolute Gasteiger partial charge is 0.479 e. The van der Waals surface area contributed by atoms with Crippen LogP contribution in [0.2, 0.25) is 0 Å². The van der Waals surface area contributed by atoms with Crippen LogP contribution in [0.5, 0.6) is 0 Å². The summed E-state index contributed by atoms with van der Waals surface area (Å²) in [5.41, 5.74) is 1.99. The molecule has 1 aromatic heterocycles. The van der Waals surface area contributed by atoms with Crippen LogP contribution in [-0.2, 0) is 16.1 Å². The molecule has 1 atom stereocenters. The summed E-state index contributed by atoms with van der Waals surface area (Å²) in [4.78, 5) is 15.1. The molecule has 5 nitrogen and oxygen atoms in total. The maximum atomic E-state index is 10.6. The Balaban J connectivity index is 2.08. The van der Waals surface area contributed by atoms with Gasteiger partial charge >= 0.3 is 5.97 Å². The SMILES string of the molecule is Cc1nc2ccccc2n1CCOC(C)C(=O)O. The van der Waals surface area contributed by atoms with Gasteiger partial charge < -0.3 is 14.4 Å². The molecule has 0 aliphatic heterocycles. The van der Waals surface area contributed by atoms with Gasteiger partial charge in [-0.3, -0.25) is 0 Å². The van der Waals surface area contributed by atoms with Crippen molar-refractivity contribution in [2.24, 2.45) is 0 Å². The van der Waals surface area contributed by atoms with Gasteiger partial charge in [0.05, 0.1) is 17.6 Å². The number of fused-ring (bicyclic) bond motifs is 1. The molecule has 2 rings (SSSR count). The van der Waals surface area contributed by atoms with Crippen LogP contribution in [0.15, 0.2) is 24.3 Å². The van der Waals surface area contributed by atoms with Crippen molar-refractivity contribution in [1.29, 1.82) is 0 Å². The van der Waals surface area contributed by atoms with Crippen molar-refractivity contribution in [2.45, 2.75) is 26.5 Å². The predicted molar refractivity (Wildman–Crippen MR) is 67.5 cm³/mol. The molecule has 0 bridgehead atoms. The van der Waals surface area contributed by atoms with Crippen LogP contribution in [0.25, 0.3) is 11.0 Å². The van der Waals surface area contributed by atoms with E-state index >= 15 is 0 Å². The summed E-state index contributed by atoms with van der Waals surface area (Å²) in [5.74, 6) is -0.0370. The van der Waals surface area contributed by atoms with Crippen molar-refractivity contribution >= 4 is 17.0 Å². The molecular formula is C13H16N2O3. The van der Waals surface area contributed by atoms with Gasteiger partial charge in [0.15, 0.2) is 6.10 Å². The van der Waals surface area contributed by atoms with E-state index in [1.165, 1.54) is 6.92 Å². The molecule has 1 heterocycles. The Labute approximate surface area is 105 Å². The number of rotatable bonds is 5. The lowest BCUT2D eigenvalue weighted by Crippen LogP contribution is -2.22. The Hall–Kier alpha value is -1.88. The number of aliphatic carboxylic acids is 1. The molecule has 0 saturated heterocycles. The number of imidazole rings is 1. The molecule has 0 amide bonds. The summed E-state index contributed by atoms with van der Waals surface area (Å²) >= 11 is 0. The van der Waals surface area contributed by atoms with E-state index < -0.39 is 12.1 Å². The van der Waals surface area contributed by atoms with Gasteiger partial charge in [0, 0.05) is 6.54 Å². The first-order valence-electron chi connectivity index (χ1n) is 5.86. The number of carbonyl (C=O) groups is 1. The Morgan fingerprint density at radius 3 is 2.94 bits per heavy atom. The maximum Gasteiger partial charge on any atom is 0.332 e. The summed E-state index contributed by atoms with van der Waals surface area (Å²) < 4.78 is 7.26. The van der Waals surface area contributed by atoms with Crippen LogP contribution in [-0.4, -0.2) is 33.3 Å². The highest BCUT2D eigenvalue weighted by molar-refractivity contribution is 5.75. The lowest BCUT2D eigenvalue weighted by atomic mass is 10.3. The molecule has 5 heteroatoms. The highest BCUT2D eigenvalue weighted by Crippen LogP contribution is 2.15. The third-order valence-electron chi connectivity index (χ3n) is 2.88. The normalized spacial score (nSPS) is 12.8. The first kappa shape index (κ1) is 12.6. The molecule has 18 heavy (non-hydrogen) atoms. The van der Waals surface area contributed by atoms with E-state index in [2.05, 4.69) is 4.98 Å². The number of hydrogen-bond acceptors (Lipinski definition) is 3. The average Bonchev–Trinajstić information content (AvgIpc) is 2.65. The zero-order valence-corrected chi connectivity index (χ0v) is 10.5. The second-order valence-corrected chi connectivity index (χ2v) is 4.15. The molecule has 1 unspecified atom stereocenters. The topological polar surface area (TPSA) is 64.4 Å². The Morgan fingerprint density at radius 2 is 2.22 bits per heavy atom. The average molecular weight is 248 g/mol. The van der Waals surface area contributed by atoms with E-state index in [-0.39, 0.29) is 0 Å². The second-order valence-electron chi connectivity index (χ2n) is 4.15. The van der Waals surface area contributed by atoms with Crippen molar-refractivity contribution in [3.63, 3.8) is 0 Å². The number of ether oxygens (including phenoxy) is 1. The van der Waals surface area contributed by atoms with Gasteiger partial charge in [-0.15, -0.1) is 0 Å². The van der Waals surface area contributed by atoms with E-state index in [0.717, 1.165) is 16.9 Å². The van der Waals surface area contributed by atoms with Gasteiger partial charge in [0.1, 0.15) is 5.82 Å². The van der Waals surface area contributed by atoms with Crippen LogP contribution in [0, 0.1) is 6.92 Å². The molecule has 1 aromatic carbocycles. The minimum atomic E-state index is -0.942. The monoisotopic (exact) mass is 248 g/mol. The molecule has 2 aromatic rings. The number of carboxylic acids is 1. The molecule has 0 fully saturated rings. The van der Waals surface area contributed by atoms with Crippen LogP contribution in [0.3, 0.4) is 0 Å². The van der Waals surface area contributed by atoms with Crippen molar-refractivity contribution in [1.82, 2.24) is 9.55 Å². The van der Waals surface area contributed by atoms with Gasteiger partial charge in [0.2, 0.25) is 0 Å². The lowest BCUT2D eigenvalue weighted by Gasteiger charge is -2.10. The summed E-state index contributed by atoms with van der Waals surface area (Å²) in [6.07, 6.45) is -0.778. The zero-order valence-electron chi connectivity index (χ0n) is 10.5. The third kappa shape index (κ3) is 2.51. The standard InChI is InChI=1S/C13H16N2O3/c1-9(13(16)17)18-8-7-15-10(2)14-11-5-3-4-6-12(11)15/h3-6,9H,7-8H2,1-2H3,(H,16,17). The highest BCUT2D eigenvalue weighted by Gasteiger charge is 2.11. The van der Waals surface area contributed by atoms with Gasteiger partial charge in [-0.25, -0.2) is 9.78 Å². The Bertz CT molecular complexity index is 562. The number of aromatic nitrogens is 2. The first-order chi connectivity index (χ1) is 8.59. The Kier molecular flexibility index (Phi) is 3.62. The number of hydrogen-bond donors (Lipinski definition) is 1. The van der Waals surface area contributed by atoms with Crippen LogP contribution >= 0.6 is 0 Å². The van der Waals surface area contributed by atoms with Crippen molar-refractivity contribution in [3.05, 3.63) is 30.1 Å². The second kappa shape index (κ2) is 5.18. The smallest absolute Gasteiger partial charge is 0.332 e. The van der Waals surface area contributed by atoms with Gasteiger partial charge in [-0.1, -0.05) is 12.1 Å². The lowest BCUT2D eigenvalue weighted by molar-refractivity contribution is -0.149. The minimum Gasteiger partial charge on any atom is -0.479 e. The van der Waals surface area contributed by atoms with E-state index in [1.54, 1.807) is 0 Å². The van der Waals surface area contributed by atoms with Crippen LogP contribution in [0.1, 0.15) is 12.7 Å². The summed E-state index contributed by atoms with van der Waals surface area (Å²) in [6, 6.07) is 7.86. The molecule has 96 valence electrons. The molecule has 0 spiro atoms. The van der Waals surface area contributed by atoms with Gasteiger partial charge in [0.25, 0.3) is 0 Å². The molecule has 1 N–H and O–H groups in total. The maximum absolute atomic E-state index is 10.6. The summed E-state index contributed by atoms with van der Waals surface area (Å²) in [6.45, 7) is 4.42. The molecular weight excluding hydrogens is 232 g/mol. The van der Waals surface area contributed by atoms with Crippen LogP contribution < -0.4 is 0 Å². The van der Waals surface area contributed by atoms with E-state index in [1.807, 2.05) is 35.8 Å². The molecule has 0 radical (unpaired) electrons. The fourth-order valence-corrected chi connectivity index (χ4v) is 1.87. The van der Waals surface area contributed by atoms with Gasteiger partial charge in [-0.2, -0.15) is 0 Å². The summed E-state index contributed by atoms with van der Waals surface area (Å²) in [5, 5.41) is 8.72. The fraction of sp³-hybridized carbons (Fsp3) is 0.385. The van der Waals surface area contributed by atoms with Crippen molar-refractivity contribution in [3.8, 4) is 0 Å². The van der Waals surface area contributed by atoms with Crippen molar-refractivity contribution in [2.75, 3.05) is 6.61 Å². The Morgan fingerprint density at radius 1 is 1.50 bits per heavy atom. The number of nitrogens with zero attached hydrogens (tertiary/aromatic N) is 2. The van der Waals surface area contributed by atoms with Crippen molar-refractivity contribution < 1.29 is 14.6 Å². The minimum absolute atomic E-state index is 0.356. The molecule has 0 aliphatic carbocycles. The quantitative estimate of drug-likeness (QED) is 0.876. The van der Waals surface area contributed by atoms with E-state index in [4.69, 9.17) is 9.84 Å². The predicted octanol–water partition coefficient (Wildman–Crippen LogP) is 1.83. The van der Waals surface area contributed by atoms with E-state index in [0.29, 0.717) is 13.2 Å². The number of para-hydroxylation sites is 2. The number of carboxylic acid groups (broad SMARTS) is 1. The van der Waals surface area contributed by atoms with Crippen LogP contribution in [0.4, 0.5) is 0 Å². The zero-order chi connectivity index (χ0) is 13.1. The molecule has 0 saturated carbocycles. The highest BCUT2D eigenvalue weighted by atomic mass is 16.5. The first-order valence-corrected chi connectivity index (χ1v) is 5.86. The molecule has 0 aliphatic rings. The number of benzene rings is 1.